The van der Waals surface area contributed by atoms with Gasteiger partial charge in [-0.25, -0.2) is 0 Å². The molecule has 5 N–H and O–H groups in total. The number of amides is 3. The minimum absolute atomic E-state index is 0.0203. The number of benzene rings is 1. The Bertz CT molecular complexity index is 512. The van der Waals surface area contributed by atoms with Gasteiger partial charge < -0.3 is 21.5 Å². The molecule has 0 fully saturated rings. The summed E-state index contributed by atoms with van der Waals surface area (Å²) in [6, 6.07) is 4.43. The van der Waals surface area contributed by atoms with Crippen molar-refractivity contribution in [2.24, 2.45) is 11.5 Å². The van der Waals surface area contributed by atoms with Gasteiger partial charge in [0.15, 0.2) is 0 Å². The minimum atomic E-state index is -0.777. The molecule has 102 valence electrons. The van der Waals surface area contributed by atoms with E-state index in [9.17, 15) is 19.5 Å². The first kappa shape index (κ1) is 14.5. The van der Waals surface area contributed by atoms with Gasteiger partial charge in [0.1, 0.15) is 18.8 Å². The quantitative estimate of drug-likeness (QED) is 0.638. The van der Waals surface area contributed by atoms with Crippen LogP contribution in [0.3, 0.4) is 0 Å². The molecule has 1 rings (SSSR count). The Morgan fingerprint density at radius 3 is 2.11 bits per heavy atom. The van der Waals surface area contributed by atoms with Crippen LogP contribution in [-0.2, 0) is 9.59 Å². The summed E-state index contributed by atoms with van der Waals surface area (Å²) in [6.45, 7) is 0.850. The van der Waals surface area contributed by atoms with Crippen LogP contribution < -0.4 is 11.5 Å². The fraction of sp³-hybridized carbons (Fsp3) is 0.250. The molecular weight excluding hydrogens is 250 g/mol. The van der Waals surface area contributed by atoms with Crippen LogP contribution >= 0.6 is 0 Å². The fourth-order valence-corrected chi connectivity index (χ4v) is 1.57. The van der Waals surface area contributed by atoms with Crippen molar-refractivity contribution in [2.45, 2.75) is 6.92 Å². The highest BCUT2D eigenvalue weighted by Crippen LogP contribution is 2.20. The number of primary amides is 2. The summed E-state index contributed by atoms with van der Waals surface area (Å²) in [7, 11) is 0. The third-order valence-electron chi connectivity index (χ3n) is 2.36. The predicted molar refractivity (Wildman–Crippen MR) is 67.1 cm³/mol. The summed E-state index contributed by atoms with van der Waals surface area (Å²) in [5, 5.41) is 9.70. The maximum absolute atomic E-state index is 12.1. The van der Waals surface area contributed by atoms with Gasteiger partial charge in [-0.05, 0) is 24.6 Å². The average molecular weight is 265 g/mol. The maximum atomic E-state index is 12.1. The van der Waals surface area contributed by atoms with Crippen molar-refractivity contribution in [2.75, 3.05) is 13.1 Å². The molecule has 3 amide bonds. The van der Waals surface area contributed by atoms with Crippen LogP contribution in [0.25, 0.3) is 0 Å². The van der Waals surface area contributed by atoms with E-state index in [-0.39, 0.29) is 11.3 Å². The number of nitrogens with zero attached hydrogens (tertiary/aromatic N) is 1. The van der Waals surface area contributed by atoms with Gasteiger partial charge in [0, 0.05) is 0 Å². The van der Waals surface area contributed by atoms with Crippen molar-refractivity contribution in [3.05, 3.63) is 29.3 Å². The lowest BCUT2D eigenvalue weighted by Gasteiger charge is -2.20. The van der Waals surface area contributed by atoms with Crippen LogP contribution in [0.5, 0.6) is 5.75 Å². The summed E-state index contributed by atoms with van der Waals surface area (Å²) in [5.41, 5.74) is 10.7. The number of hydrogen-bond donors (Lipinski definition) is 3. The maximum Gasteiger partial charge on any atom is 0.258 e. The highest BCUT2D eigenvalue weighted by molar-refractivity contribution is 6.00. The minimum Gasteiger partial charge on any atom is -0.507 e. The Labute approximate surface area is 109 Å². The number of phenols is 1. The zero-order valence-electron chi connectivity index (χ0n) is 10.4. The Hall–Kier alpha value is -2.57. The predicted octanol–water partition coefficient (Wildman–Crippen LogP) is -0.887. The number of nitrogens with two attached hydrogens (primary N) is 2. The molecule has 0 aliphatic carbocycles. The Morgan fingerprint density at radius 2 is 1.68 bits per heavy atom. The van der Waals surface area contributed by atoms with Crippen molar-refractivity contribution in [1.29, 1.82) is 0 Å². The third kappa shape index (κ3) is 3.98. The number of hydrogen-bond acceptors (Lipinski definition) is 4. The highest BCUT2D eigenvalue weighted by atomic mass is 16.3. The number of phenolic OH excluding ortho intramolecular Hbond substituents is 1. The smallest absolute Gasteiger partial charge is 0.258 e. The molecule has 0 saturated carbocycles. The summed E-state index contributed by atoms with van der Waals surface area (Å²) in [5.74, 6) is -2.47. The molecule has 0 radical (unpaired) electrons. The molecule has 0 saturated heterocycles. The lowest BCUT2D eigenvalue weighted by Crippen LogP contribution is -2.43. The van der Waals surface area contributed by atoms with Gasteiger partial charge >= 0.3 is 0 Å². The number of rotatable bonds is 5. The molecule has 0 bridgehead atoms. The molecule has 0 aliphatic rings. The van der Waals surface area contributed by atoms with Gasteiger partial charge in [0.2, 0.25) is 11.8 Å². The number of aromatic hydroxyl groups is 1. The van der Waals surface area contributed by atoms with Crippen molar-refractivity contribution in [3.63, 3.8) is 0 Å². The topological polar surface area (TPSA) is 127 Å². The molecule has 0 atom stereocenters. The third-order valence-corrected chi connectivity index (χ3v) is 2.36. The van der Waals surface area contributed by atoms with E-state index in [1.165, 1.54) is 12.1 Å². The number of carbonyl (C=O) groups is 3. The molecule has 1 aromatic carbocycles. The molecule has 7 nitrogen and oxygen atoms in total. The molecule has 0 heterocycles. The van der Waals surface area contributed by atoms with Crippen LogP contribution in [0.15, 0.2) is 18.2 Å². The SMILES string of the molecule is Cc1ccc(C(=O)N(CC(N)=O)CC(N)=O)c(O)c1. The number of aryl methyl sites for hydroxylation is 1. The van der Waals surface area contributed by atoms with Gasteiger partial charge in [0.25, 0.3) is 5.91 Å². The van der Waals surface area contributed by atoms with E-state index in [1.807, 2.05) is 0 Å². The summed E-state index contributed by atoms with van der Waals surface area (Å²) in [4.78, 5) is 34.7. The van der Waals surface area contributed by atoms with Crippen molar-refractivity contribution < 1.29 is 19.5 Å². The van der Waals surface area contributed by atoms with Gasteiger partial charge in [-0.15, -0.1) is 0 Å². The summed E-state index contributed by atoms with van der Waals surface area (Å²) >= 11 is 0. The Morgan fingerprint density at radius 1 is 1.16 bits per heavy atom. The number of carbonyl (C=O) groups excluding carboxylic acids is 3. The zero-order chi connectivity index (χ0) is 14.6. The van der Waals surface area contributed by atoms with Crippen molar-refractivity contribution in [1.82, 2.24) is 4.90 Å². The van der Waals surface area contributed by atoms with E-state index >= 15 is 0 Å². The first-order valence-corrected chi connectivity index (χ1v) is 5.46. The van der Waals surface area contributed by atoms with E-state index in [4.69, 9.17) is 11.5 Å². The second-order valence-corrected chi connectivity index (χ2v) is 4.11. The van der Waals surface area contributed by atoms with E-state index in [0.717, 1.165) is 10.5 Å². The largest absolute Gasteiger partial charge is 0.507 e. The van der Waals surface area contributed by atoms with E-state index in [0.29, 0.717) is 0 Å². The second kappa shape index (κ2) is 5.85. The average Bonchev–Trinajstić information content (AvgIpc) is 2.26. The standard InChI is InChI=1S/C12H15N3O4/c1-7-2-3-8(9(16)4-7)12(19)15(5-10(13)17)6-11(14)18/h2-4,16H,5-6H2,1H3,(H2,13,17)(H2,14,18). The van der Waals surface area contributed by atoms with Crippen molar-refractivity contribution in [3.8, 4) is 5.75 Å². The molecule has 1 aromatic rings. The van der Waals surface area contributed by atoms with Crippen LogP contribution in [-0.4, -0.2) is 40.8 Å². The van der Waals surface area contributed by atoms with Crippen LogP contribution in [0, 0.1) is 6.92 Å². The van der Waals surface area contributed by atoms with Gasteiger partial charge in [-0.3, -0.25) is 14.4 Å². The Balaban J connectivity index is 3.04. The summed E-state index contributed by atoms with van der Waals surface area (Å²) < 4.78 is 0. The van der Waals surface area contributed by atoms with Crippen LogP contribution in [0.2, 0.25) is 0 Å². The van der Waals surface area contributed by atoms with Gasteiger partial charge in [-0.1, -0.05) is 6.07 Å². The first-order valence-electron chi connectivity index (χ1n) is 5.46. The van der Waals surface area contributed by atoms with Crippen molar-refractivity contribution >= 4 is 17.7 Å². The molecule has 0 aromatic heterocycles. The van der Waals surface area contributed by atoms with Crippen LogP contribution in [0.1, 0.15) is 15.9 Å². The molecule has 7 heteroatoms. The second-order valence-electron chi connectivity index (χ2n) is 4.11. The lowest BCUT2D eigenvalue weighted by molar-refractivity contribution is -0.121. The fourth-order valence-electron chi connectivity index (χ4n) is 1.57. The van der Waals surface area contributed by atoms with Gasteiger partial charge in [-0.2, -0.15) is 0 Å². The Kier molecular flexibility index (Phi) is 4.46. The molecule has 19 heavy (non-hydrogen) atoms. The van der Waals surface area contributed by atoms with E-state index < -0.39 is 30.8 Å². The van der Waals surface area contributed by atoms with Gasteiger partial charge in [0.05, 0.1) is 5.56 Å². The highest BCUT2D eigenvalue weighted by Gasteiger charge is 2.21. The normalized spacial score (nSPS) is 9.95. The first-order chi connectivity index (χ1) is 8.81. The molecule has 0 aliphatic heterocycles. The van der Waals surface area contributed by atoms with E-state index in [2.05, 4.69) is 0 Å². The molecule has 0 unspecified atom stereocenters. The van der Waals surface area contributed by atoms with E-state index in [1.54, 1.807) is 13.0 Å². The molecular formula is C12H15N3O4. The van der Waals surface area contributed by atoms with Crippen LogP contribution in [0.4, 0.5) is 0 Å². The monoisotopic (exact) mass is 265 g/mol. The summed E-state index contributed by atoms with van der Waals surface area (Å²) in [6.07, 6.45) is 0. The zero-order valence-corrected chi connectivity index (χ0v) is 10.4. The molecule has 0 spiro atoms. The lowest BCUT2D eigenvalue weighted by atomic mass is 10.1.